The number of ether oxygens (including phenoxy) is 1. The van der Waals surface area contributed by atoms with Crippen LogP contribution in [-0.2, 0) is 9.59 Å². The fourth-order valence-corrected chi connectivity index (χ4v) is 2.60. The summed E-state index contributed by atoms with van der Waals surface area (Å²) in [5, 5.41) is 2.73. The summed E-state index contributed by atoms with van der Waals surface area (Å²) in [6.45, 7) is 3.32. The molecule has 2 amide bonds. The maximum absolute atomic E-state index is 12.3. The van der Waals surface area contributed by atoms with E-state index >= 15 is 0 Å². The van der Waals surface area contributed by atoms with E-state index in [0.29, 0.717) is 0 Å². The lowest BCUT2D eigenvalue weighted by Gasteiger charge is -2.29. The van der Waals surface area contributed by atoms with Gasteiger partial charge in [-0.15, -0.1) is 0 Å². The molecular weight excluding hydrogens is 292 g/mol. The average molecular weight is 316 g/mol. The molecule has 1 fully saturated rings. The van der Waals surface area contributed by atoms with E-state index < -0.39 is 6.04 Å². The van der Waals surface area contributed by atoms with Crippen LogP contribution in [0.3, 0.4) is 0 Å². The molecule has 0 spiro atoms. The van der Waals surface area contributed by atoms with Gasteiger partial charge in [0, 0.05) is 19.2 Å². The molecule has 1 heterocycles. The van der Waals surface area contributed by atoms with Crippen molar-refractivity contribution in [3.05, 3.63) is 35.9 Å². The topological polar surface area (TPSA) is 58.6 Å². The number of carbonyl (C=O) groups is 2. The van der Waals surface area contributed by atoms with Crippen molar-refractivity contribution in [2.75, 3.05) is 20.2 Å². The zero-order chi connectivity index (χ0) is 16.7. The summed E-state index contributed by atoms with van der Waals surface area (Å²) < 4.78 is 5.09. The van der Waals surface area contributed by atoms with Gasteiger partial charge in [0.05, 0.1) is 7.11 Å². The smallest absolute Gasteiger partial charge is 0.244 e. The molecule has 0 aromatic heterocycles. The number of hydrogen-bond donors (Lipinski definition) is 1. The summed E-state index contributed by atoms with van der Waals surface area (Å²) in [6.07, 6.45) is 6.43. The molecule has 1 N–H and O–H groups in total. The molecule has 124 valence electrons. The van der Waals surface area contributed by atoms with Gasteiger partial charge in [0.2, 0.25) is 11.8 Å². The molecule has 1 saturated heterocycles. The highest BCUT2D eigenvalue weighted by Gasteiger charge is 2.22. The van der Waals surface area contributed by atoms with Crippen LogP contribution in [0.5, 0.6) is 5.75 Å². The van der Waals surface area contributed by atoms with Gasteiger partial charge in [-0.05, 0) is 50.0 Å². The minimum absolute atomic E-state index is 0.00380. The van der Waals surface area contributed by atoms with Crippen LogP contribution in [-0.4, -0.2) is 43.0 Å². The van der Waals surface area contributed by atoms with Gasteiger partial charge in [0.25, 0.3) is 0 Å². The number of nitrogens with one attached hydrogen (secondary N) is 1. The van der Waals surface area contributed by atoms with Crippen molar-refractivity contribution in [1.29, 1.82) is 0 Å². The van der Waals surface area contributed by atoms with Crippen LogP contribution in [0.4, 0.5) is 0 Å². The second kappa shape index (κ2) is 8.36. The minimum atomic E-state index is -0.499. The lowest BCUT2D eigenvalue weighted by atomic mass is 10.1. The van der Waals surface area contributed by atoms with Crippen LogP contribution < -0.4 is 10.1 Å². The molecule has 0 aliphatic carbocycles. The fraction of sp³-hybridized carbons (Fsp3) is 0.444. The molecule has 1 unspecified atom stereocenters. The van der Waals surface area contributed by atoms with Gasteiger partial charge in [-0.2, -0.15) is 0 Å². The summed E-state index contributed by atoms with van der Waals surface area (Å²) in [5.74, 6) is 0.502. The van der Waals surface area contributed by atoms with Gasteiger partial charge in [-0.1, -0.05) is 12.1 Å². The Hall–Kier alpha value is -2.30. The predicted octanol–water partition coefficient (Wildman–Crippen LogP) is 2.23. The summed E-state index contributed by atoms with van der Waals surface area (Å²) >= 11 is 0. The SMILES string of the molecule is COc1ccc(/C=C/C(=O)NC(C)C(=O)N2CCCCC2)cc1. The highest BCUT2D eigenvalue weighted by Crippen LogP contribution is 2.12. The van der Waals surface area contributed by atoms with E-state index in [1.165, 1.54) is 12.5 Å². The van der Waals surface area contributed by atoms with Crippen LogP contribution >= 0.6 is 0 Å². The van der Waals surface area contributed by atoms with Crippen LogP contribution in [0.1, 0.15) is 31.7 Å². The molecule has 0 radical (unpaired) electrons. The molecule has 1 aliphatic rings. The number of piperidine rings is 1. The second-order valence-corrected chi connectivity index (χ2v) is 5.72. The molecule has 1 aromatic rings. The Balaban J connectivity index is 1.84. The molecule has 5 heteroatoms. The van der Waals surface area contributed by atoms with Crippen molar-refractivity contribution >= 4 is 17.9 Å². The first kappa shape index (κ1) is 17.1. The van der Waals surface area contributed by atoms with E-state index in [2.05, 4.69) is 5.32 Å². The van der Waals surface area contributed by atoms with Gasteiger partial charge < -0.3 is 15.0 Å². The normalized spacial score (nSPS) is 16.2. The standard InChI is InChI=1S/C18H24N2O3/c1-14(18(22)20-12-4-3-5-13-20)19-17(21)11-8-15-6-9-16(23-2)10-7-15/h6-11,14H,3-5,12-13H2,1-2H3,(H,19,21)/b11-8+. The highest BCUT2D eigenvalue weighted by atomic mass is 16.5. The first-order valence-electron chi connectivity index (χ1n) is 8.01. The third-order valence-corrected chi connectivity index (χ3v) is 3.94. The van der Waals surface area contributed by atoms with Crippen molar-refractivity contribution in [1.82, 2.24) is 10.2 Å². The maximum Gasteiger partial charge on any atom is 0.244 e. The van der Waals surface area contributed by atoms with Gasteiger partial charge in [0.1, 0.15) is 11.8 Å². The molecule has 23 heavy (non-hydrogen) atoms. The molecule has 1 aliphatic heterocycles. The van der Waals surface area contributed by atoms with Crippen molar-refractivity contribution in [2.24, 2.45) is 0 Å². The zero-order valence-electron chi connectivity index (χ0n) is 13.7. The quantitative estimate of drug-likeness (QED) is 0.848. The summed E-state index contributed by atoms with van der Waals surface area (Å²) in [5.41, 5.74) is 0.899. The number of benzene rings is 1. The van der Waals surface area contributed by atoms with E-state index in [4.69, 9.17) is 4.74 Å². The third-order valence-electron chi connectivity index (χ3n) is 3.94. The molecule has 0 bridgehead atoms. The molecule has 1 atom stereocenters. The Morgan fingerprint density at radius 1 is 1.17 bits per heavy atom. The zero-order valence-corrected chi connectivity index (χ0v) is 13.7. The summed E-state index contributed by atoms with van der Waals surface area (Å²) in [7, 11) is 1.61. The van der Waals surface area contributed by atoms with E-state index in [9.17, 15) is 9.59 Å². The monoisotopic (exact) mass is 316 g/mol. The number of nitrogens with zero attached hydrogens (tertiary/aromatic N) is 1. The highest BCUT2D eigenvalue weighted by molar-refractivity contribution is 5.95. The van der Waals surface area contributed by atoms with Crippen molar-refractivity contribution < 1.29 is 14.3 Å². The van der Waals surface area contributed by atoms with Gasteiger partial charge in [-0.25, -0.2) is 0 Å². The molecule has 2 rings (SSSR count). The van der Waals surface area contributed by atoms with Crippen LogP contribution in [0.2, 0.25) is 0 Å². The Labute approximate surface area is 137 Å². The number of amides is 2. The molecular formula is C18H24N2O3. The average Bonchev–Trinajstić information content (AvgIpc) is 2.60. The Morgan fingerprint density at radius 2 is 1.83 bits per heavy atom. The van der Waals surface area contributed by atoms with Crippen molar-refractivity contribution in [3.63, 3.8) is 0 Å². The van der Waals surface area contributed by atoms with Crippen LogP contribution in [0.15, 0.2) is 30.3 Å². The largest absolute Gasteiger partial charge is 0.497 e. The predicted molar refractivity (Wildman–Crippen MR) is 90.1 cm³/mol. The van der Waals surface area contributed by atoms with Crippen LogP contribution in [0, 0.1) is 0 Å². The Kier molecular flexibility index (Phi) is 6.20. The third kappa shape index (κ3) is 5.13. The van der Waals surface area contributed by atoms with Crippen molar-refractivity contribution in [3.8, 4) is 5.75 Å². The maximum atomic E-state index is 12.3. The van der Waals surface area contributed by atoms with E-state index in [0.717, 1.165) is 37.2 Å². The van der Waals surface area contributed by atoms with Gasteiger partial charge in [-0.3, -0.25) is 9.59 Å². The lowest BCUT2D eigenvalue weighted by molar-refractivity contribution is -0.135. The number of methoxy groups -OCH3 is 1. The molecule has 1 aromatic carbocycles. The van der Waals surface area contributed by atoms with Crippen LogP contribution in [0.25, 0.3) is 6.08 Å². The van der Waals surface area contributed by atoms with Crippen molar-refractivity contribution in [2.45, 2.75) is 32.2 Å². The van der Waals surface area contributed by atoms with E-state index in [1.54, 1.807) is 20.1 Å². The number of hydrogen-bond acceptors (Lipinski definition) is 3. The summed E-state index contributed by atoms with van der Waals surface area (Å²) in [6, 6.07) is 6.90. The Bertz CT molecular complexity index is 560. The van der Waals surface area contributed by atoms with E-state index in [1.807, 2.05) is 29.2 Å². The van der Waals surface area contributed by atoms with Gasteiger partial charge >= 0.3 is 0 Å². The number of carbonyl (C=O) groups excluding carboxylic acids is 2. The number of rotatable bonds is 5. The first-order chi connectivity index (χ1) is 11.1. The van der Waals surface area contributed by atoms with Gasteiger partial charge in [0.15, 0.2) is 0 Å². The lowest BCUT2D eigenvalue weighted by Crippen LogP contribution is -2.48. The second-order valence-electron chi connectivity index (χ2n) is 5.72. The number of likely N-dealkylation sites (tertiary alicyclic amines) is 1. The minimum Gasteiger partial charge on any atom is -0.497 e. The fourth-order valence-electron chi connectivity index (χ4n) is 2.60. The summed E-state index contributed by atoms with van der Waals surface area (Å²) in [4.78, 5) is 26.0. The Morgan fingerprint density at radius 3 is 2.43 bits per heavy atom. The first-order valence-corrected chi connectivity index (χ1v) is 8.01. The van der Waals surface area contributed by atoms with E-state index in [-0.39, 0.29) is 11.8 Å². The molecule has 0 saturated carbocycles. The molecule has 5 nitrogen and oxygen atoms in total.